The van der Waals surface area contributed by atoms with Crippen molar-refractivity contribution in [2.45, 2.75) is 38.6 Å². The normalized spacial score (nSPS) is 25.7. The standard InChI is InChI=1S/C15H21NO2/c1-3-4-13-12-8-15-14(17-5-6-18-15)7-11(12)10(2)9-16-13/h7-8,10,13,16H,3-6,9H2,1-2H3. The largest absolute Gasteiger partial charge is 0.486 e. The van der Waals surface area contributed by atoms with E-state index in [9.17, 15) is 0 Å². The Labute approximate surface area is 108 Å². The molecule has 1 aromatic carbocycles. The van der Waals surface area contributed by atoms with Crippen molar-refractivity contribution in [2.24, 2.45) is 0 Å². The summed E-state index contributed by atoms with van der Waals surface area (Å²) in [6.45, 7) is 6.88. The van der Waals surface area contributed by atoms with E-state index in [1.54, 1.807) is 0 Å². The van der Waals surface area contributed by atoms with Crippen LogP contribution >= 0.6 is 0 Å². The Balaban J connectivity index is 2.03. The second kappa shape index (κ2) is 4.81. The third-order valence-corrected chi connectivity index (χ3v) is 3.90. The predicted octanol–water partition coefficient (Wildman–Crippen LogP) is 3.01. The fourth-order valence-electron chi connectivity index (χ4n) is 2.93. The van der Waals surface area contributed by atoms with E-state index in [0.717, 1.165) is 18.0 Å². The van der Waals surface area contributed by atoms with E-state index in [2.05, 4.69) is 31.3 Å². The molecule has 3 rings (SSSR count). The number of hydrogen-bond donors (Lipinski definition) is 1. The average molecular weight is 247 g/mol. The molecule has 2 heterocycles. The molecule has 18 heavy (non-hydrogen) atoms. The number of benzene rings is 1. The number of hydrogen-bond acceptors (Lipinski definition) is 3. The van der Waals surface area contributed by atoms with Crippen LogP contribution in [-0.2, 0) is 0 Å². The summed E-state index contributed by atoms with van der Waals surface area (Å²) >= 11 is 0. The topological polar surface area (TPSA) is 30.5 Å². The fourth-order valence-corrected chi connectivity index (χ4v) is 2.93. The van der Waals surface area contributed by atoms with Crippen molar-refractivity contribution < 1.29 is 9.47 Å². The molecule has 0 bridgehead atoms. The summed E-state index contributed by atoms with van der Waals surface area (Å²) < 4.78 is 11.4. The van der Waals surface area contributed by atoms with Gasteiger partial charge in [0.25, 0.3) is 0 Å². The van der Waals surface area contributed by atoms with Crippen LogP contribution in [0.4, 0.5) is 0 Å². The second-order valence-corrected chi connectivity index (χ2v) is 5.28. The lowest BCUT2D eigenvalue weighted by atomic mass is 9.85. The summed E-state index contributed by atoms with van der Waals surface area (Å²) in [6, 6.07) is 4.85. The zero-order chi connectivity index (χ0) is 12.5. The Kier molecular flexibility index (Phi) is 3.16. The van der Waals surface area contributed by atoms with Crippen LogP contribution < -0.4 is 14.8 Å². The minimum Gasteiger partial charge on any atom is -0.486 e. The van der Waals surface area contributed by atoms with E-state index in [4.69, 9.17) is 9.47 Å². The van der Waals surface area contributed by atoms with Crippen LogP contribution in [-0.4, -0.2) is 19.8 Å². The quantitative estimate of drug-likeness (QED) is 0.871. The van der Waals surface area contributed by atoms with E-state index < -0.39 is 0 Å². The van der Waals surface area contributed by atoms with Crippen LogP contribution in [0.2, 0.25) is 0 Å². The maximum Gasteiger partial charge on any atom is 0.161 e. The SMILES string of the molecule is CCCC1NCC(C)c2cc3c(cc21)OCCO3. The summed E-state index contributed by atoms with van der Waals surface area (Å²) in [4.78, 5) is 0. The van der Waals surface area contributed by atoms with Gasteiger partial charge in [0.1, 0.15) is 13.2 Å². The lowest BCUT2D eigenvalue weighted by Gasteiger charge is -2.33. The van der Waals surface area contributed by atoms with E-state index in [-0.39, 0.29) is 0 Å². The van der Waals surface area contributed by atoms with Gasteiger partial charge in [-0.05, 0) is 35.6 Å². The average Bonchev–Trinajstić information content (AvgIpc) is 2.41. The van der Waals surface area contributed by atoms with Crippen LogP contribution in [0.5, 0.6) is 11.5 Å². The maximum atomic E-state index is 5.70. The zero-order valence-corrected chi connectivity index (χ0v) is 11.2. The van der Waals surface area contributed by atoms with Crippen molar-refractivity contribution in [3.05, 3.63) is 23.3 Å². The van der Waals surface area contributed by atoms with Gasteiger partial charge in [-0.15, -0.1) is 0 Å². The van der Waals surface area contributed by atoms with Gasteiger partial charge in [0.2, 0.25) is 0 Å². The molecule has 3 heteroatoms. The highest BCUT2D eigenvalue weighted by Gasteiger charge is 2.27. The Bertz CT molecular complexity index is 444. The molecule has 1 N–H and O–H groups in total. The second-order valence-electron chi connectivity index (χ2n) is 5.28. The molecule has 0 aliphatic carbocycles. The minimum atomic E-state index is 0.469. The maximum absolute atomic E-state index is 5.70. The van der Waals surface area contributed by atoms with E-state index in [0.29, 0.717) is 25.2 Å². The van der Waals surface area contributed by atoms with Crippen LogP contribution in [0.15, 0.2) is 12.1 Å². The molecule has 0 aromatic heterocycles. The van der Waals surface area contributed by atoms with Gasteiger partial charge in [-0.2, -0.15) is 0 Å². The molecule has 0 amide bonds. The molecule has 0 spiro atoms. The number of rotatable bonds is 2. The van der Waals surface area contributed by atoms with Gasteiger partial charge >= 0.3 is 0 Å². The van der Waals surface area contributed by atoms with Gasteiger partial charge < -0.3 is 14.8 Å². The molecular formula is C15H21NO2. The summed E-state index contributed by atoms with van der Waals surface area (Å²) in [5.74, 6) is 2.38. The first-order valence-corrected chi connectivity index (χ1v) is 6.96. The molecule has 0 saturated heterocycles. The van der Waals surface area contributed by atoms with Crippen molar-refractivity contribution in [2.75, 3.05) is 19.8 Å². The van der Waals surface area contributed by atoms with E-state index >= 15 is 0 Å². The summed E-state index contributed by atoms with van der Waals surface area (Å²) in [6.07, 6.45) is 2.37. The molecule has 2 aliphatic rings. The van der Waals surface area contributed by atoms with Crippen molar-refractivity contribution in [3.63, 3.8) is 0 Å². The van der Waals surface area contributed by atoms with E-state index in [1.165, 1.54) is 24.0 Å². The number of nitrogens with one attached hydrogen (secondary N) is 1. The lowest BCUT2D eigenvalue weighted by molar-refractivity contribution is 0.170. The molecule has 3 nitrogen and oxygen atoms in total. The van der Waals surface area contributed by atoms with Gasteiger partial charge in [0.05, 0.1) is 0 Å². The Morgan fingerprint density at radius 3 is 2.50 bits per heavy atom. The third kappa shape index (κ3) is 1.97. The first kappa shape index (κ1) is 11.8. The lowest BCUT2D eigenvalue weighted by Crippen LogP contribution is -2.32. The van der Waals surface area contributed by atoms with Crippen molar-refractivity contribution in [1.29, 1.82) is 0 Å². The monoisotopic (exact) mass is 247 g/mol. The van der Waals surface area contributed by atoms with Gasteiger partial charge in [0.15, 0.2) is 11.5 Å². The fraction of sp³-hybridized carbons (Fsp3) is 0.600. The smallest absolute Gasteiger partial charge is 0.161 e. The molecule has 2 atom stereocenters. The van der Waals surface area contributed by atoms with Gasteiger partial charge in [-0.3, -0.25) is 0 Å². The Morgan fingerprint density at radius 2 is 1.83 bits per heavy atom. The molecule has 2 aliphatic heterocycles. The number of fused-ring (bicyclic) bond motifs is 2. The summed E-state index contributed by atoms with van der Waals surface area (Å²) in [5, 5.41) is 3.64. The van der Waals surface area contributed by atoms with Crippen LogP contribution in [0.3, 0.4) is 0 Å². The van der Waals surface area contributed by atoms with Gasteiger partial charge in [-0.25, -0.2) is 0 Å². The molecule has 0 saturated carbocycles. The zero-order valence-electron chi connectivity index (χ0n) is 11.2. The van der Waals surface area contributed by atoms with Crippen molar-refractivity contribution in [1.82, 2.24) is 5.32 Å². The molecule has 98 valence electrons. The first-order valence-electron chi connectivity index (χ1n) is 6.96. The summed E-state index contributed by atoms with van der Waals surface area (Å²) in [7, 11) is 0. The van der Waals surface area contributed by atoms with Crippen LogP contribution in [0.25, 0.3) is 0 Å². The van der Waals surface area contributed by atoms with Gasteiger partial charge in [-0.1, -0.05) is 20.3 Å². The number of ether oxygens (including phenoxy) is 2. The predicted molar refractivity (Wildman–Crippen MR) is 71.5 cm³/mol. The highest BCUT2D eigenvalue weighted by Crippen LogP contribution is 2.41. The van der Waals surface area contributed by atoms with Crippen LogP contribution in [0, 0.1) is 0 Å². The highest BCUT2D eigenvalue weighted by molar-refractivity contribution is 5.51. The summed E-state index contributed by atoms with van der Waals surface area (Å²) in [5.41, 5.74) is 2.83. The minimum absolute atomic E-state index is 0.469. The van der Waals surface area contributed by atoms with Crippen molar-refractivity contribution in [3.8, 4) is 11.5 Å². The molecular weight excluding hydrogens is 226 g/mol. The van der Waals surface area contributed by atoms with Crippen LogP contribution in [0.1, 0.15) is 49.8 Å². The Hall–Kier alpha value is -1.22. The Morgan fingerprint density at radius 1 is 1.17 bits per heavy atom. The van der Waals surface area contributed by atoms with Gasteiger partial charge in [0, 0.05) is 12.6 Å². The molecule has 2 unspecified atom stereocenters. The third-order valence-electron chi connectivity index (χ3n) is 3.90. The molecule has 0 radical (unpaired) electrons. The van der Waals surface area contributed by atoms with E-state index in [1.807, 2.05) is 0 Å². The first-order chi connectivity index (χ1) is 8.79. The van der Waals surface area contributed by atoms with Crippen molar-refractivity contribution >= 4 is 0 Å². The highest BCUT2D eigenvalue weighted by atomic mass is 16.6. The molecule has 0 fully saturated rings. The molecule has 1 aromatic rings.